The molecule has 0 saturated carbocycles. The standard InChI is InChI=1S/C20H18F2N4O2/c1-28-14-7-5-13(6-8-14)9-11-23-20-24-12-10-17(25-20)19(27)26-18-15(21)3-2-4-16(18)22/h2-8,10,12H,9,11H2,1H3,(H,26,27)(H,23,24,25). The molecule has 0 aliphatic heterocycles. The Balaban J connectivity index is 1.60. The summed E-state index contributed by atoms with van der Waals surface area (Å²) in [5.74, 6) is -1.43. The zero-order valence-electron chi connectivity index (χ0n) is 15.1. The predicted octanol–water partition coefficient (Wildman–Crippen LogP) is 3.67. The number of carbonyl (C=O) groups excluding carboxylic acids is 1. The summed E-state index contributed by atoms with van der Waals surface area (Å²) in [7, 11) is 1.61. The highest BCUT2D eigenvalue weighted by Crippen LogP contribution is 2.19. The van der Waals surface area contributed by atoms with E-state index in [0.29, 0.717) is 13.0 Å². The Hall–Kier alpha value is -3.55. The number of benzene rings is 2. The van der Waals surface area contributed by atoms with E-state index in [9.17, 15) is 13.6 Å². The van der Waals surface area contributed by atoms with Crippen molar-refractivity contribution in [3.8, 4) is 5.75 Å². The second-order valence-electron chi connectivity index (χ2n) is 5.84. The molecular formula is C20H18F2N4O2. The molecule has 144 valence electrons. The summed E-state index contributed by atoms with van der Waals surface area (Å²) in [5.41, 5.74) is 0.571. The molecule has 2 aromatic carbocycles. The Bertz CT molecular complexity index is 944. The molecule has 0 saturated heterocycles. The van der Waals surface area contributed by atoms with Gasteiger partial charge in [0.2, 0.25) is 5.95 Å². The largest absolute Gasteiger partial charge is 0.497 e. The molecule has 3 rings (SSSR count). The van der Waals surface area contributed by atoms with Gasteiger partial charge in [-0.2, -0.15) is 0 Å². The topological polar surface area (TPSA) is 76.1 Å². The van der Waals surface area contributed by atoms with Crippen molar-refractivity contribution in [1.29, 1.82) is 0 Å². The number of nitrogens with one attached hydrogen (secondary N) is 2. The van der Waals surface area contributed by atoms with Gasteiger partial charge in [-0.25, -0.2) is 18.7 Å². The van der Waals surface area contributed by atoms with Gasteiger partial charge in [-0.3, -0.25) is 4.79 Å². The maximum Gasteiger partial charge on any atom is 0.274 e. The lowest BCUT2D eigenvalue weighted by molar-refractivity contribution is 0.102. The van der Waals surface area contributed by atoms with Crippen molar-refractivity contribution in [2.75, 3.05) is 24.3 Å². The number of aromatic nitrogens is 2. The van der Waals surface area contributed by atoms with Crippen LogP contribution in [0.4, 0.5) is 20.4 Å². The first-order chi connectivity index (χ1) is 13.6. The minimum Gasteiger partial charge on any atom is -0.497 e. The monoisotopic (exact) mass is 384 g/mol. The van der Waals surface area contributed by atoms with Gasteiger partial charge in [0.05, 0.1) is 7.11 Å². The van der Waals surface area contributed by atoms with Gasteiger partial charge >= 0.3 is 0 Å². The minimum absolute atomic E-state index is 0.00963. The molecule has 2 N–H and O–H groups in total. The first-order valence-corrected chi connectivity index (χ1v) is 8.52. The van der Waals surface area contributed by atoms with Crippen LogP contribution >= 0.6 is 0 Å². The van der Waals surface area contributed by atoms with E-state index in [1.165, 1.54) is 18.3 Å². The molecule has 0 aliphatic carbocycles. The second-order valence-corrected chi connectivity index (χ2v) is 5.84. The highest BCUT2D eigenvalue weighted by Gasteiger charge is 2.15. The molecule has 8 heteroatoms. The molecule has 28 heavy (non-hydrogen) atoms. The van der Waals surface area contributed by atoms with Gasteiger partial charge in [0, 0.05) is 12.7 Å². The lowest BCUT2D eigenvalue weighted by Gasteiger charge is -2.09. The molecule has 0 unspecified atom stereocenters. The SMILES string of the molecule is COc1ccc(CCNc2nccc(C(=O)Nc3c(F)cccc3F)n2)cc1. The van der Waals surface area contributed by atoms with Gasteiger partial charge in [0.15, 0.2) is 0 Å². The van der Waals surface area contributed by atoms with Crippen LogP contribution in [0.15, 0.2) is 54.7 Å². The Morgan fingerprint density at radius 3 is 2.46 bits per heavy atom. The molecule has 1 aromatic heterocycles. The molecule has 0 aliphatic rings. The highest BCUT2D eigenvalue weighted by atomic mass is 19.1. The number of para-hydroxylation sites is 1. The van der Waals surface area contributed by atoms with Crippen LogP contribution in [-0.4, -0.2) is 29.5 Å². The highest BCUT2D eigenvalue weighted by molar-refractivity contribution is 6.03. The molecule has 0 spiro atoms. The Morgan fingerprint density at radius 2 is 1.79 bits per heavy atom. The van der Waals surface area contributed by atoms with Gasteiger partial charge < -0.3 is 15.4 Å². The molecule has 0 fully saturated rings. The van der Waals surface area contributed by atoms with Crippen LogP contribution in [-0.2, 0) is 6.42 Å². The number of hydrogen-bond donors (Lipinski definition) is 2. The number of anilines is 2. The molecular weight excluding hydrogens is 366 g/mol. The Morgan fingerprint density at radius 1 is 1.07 bits per heavy atom. The second kappa shape index (κ2) is 8.90. The molecule has 0 atom stereocenters. The third kappa shape index (κ3) is 4.79. The normalized spacial score (nSPS) is 10.4. The first-order valence-electron chi connectivity index (χ1n) is 8.52. The minimum atomic E-state index is -0.861. The van der Waals surface area contributed by atoms with E-state index < -0.39 is 23.2 Å². The van der Waals surface area contributed by atoms with Crippen LogP contribution in [0, 0.1) is 11.6 Å². The van der Waals surface area contributed by atoms with Crippen molar-refractivity contribution < 1.29 is 18.3 Å². The van der Waals surface area contributed by atoms with Gasteiger partial charge in [0.25, 0.3) is 5.91 Å². The number of rotatable bonds is 7. The smallest absolute Gasteiger partial charge is 0.274 e. The summed E-state index contributed by atoms with van der Waals surface area (Å²) >= 11 is 0. The number of methoxy groups -OCH3 is 1. The summed E-state index contributed by atoms with van der Waals surface area (Å²) in [6.45, 7) is 0.541. The van der Waals surface area contributed by atoms with Crippen molar-refractivity contribution in [2.24, 2.45) is 0 Å². The lowest BCUT2D eigenvalue weighted by atomic mass is 10.1. The number of nitrogens with zero attached hydrogens (tertiary/aromatic N) is 2. The van der Waals surface area contributed by atoms with E-state index in [0.717, 1.165) is 23.4 Å². The van der Waals surface area contributed by atoms with E-state index in [4.69, 9.17) is 4.74 Å². The molecule has 1 heterocycles. The average Bonchev–Trinajstić information content (AvgIpc) is 2.71. The number of ether oxygens (including phenoxy) is 1. The summed E-state index contributed by atoms with van der Waals surface area (Å²) < 4.78 is 32.5. The maximum absolute atomic E-state index is 13.7. The number of hydrogen-bond acceptors (Lipinski definition) is 5. The molecule has 6 nitrogen and oxygen atoms in total. The Labute approximate surface area is 160 Å². The van der Waals surface area contributed by atoms with E-state index in [1.807, 2.05) is 24.3 Å². The fraction of sp³-hybridized carbons (Fsp3) is 0.150. The van der Waals surface area contributed by atoms with E-state index >= 15 is 0 Å². The quantitative estimate of drug-likeness (QED) is 0.650. The first kappa shape index (κ1) is 19.2. The van der Waals surface area contributed by atoms with E-state index in [2.05, 4.69) is 20.6 Å². The molecule has 0 radical (unpaired) electrons. The number of amides is 1. The zero-order chi connectivity index (χ0) is 19.9. The van der Waals surface area contributed by atoms with Gasteiger partial charge in [-0.1, -0.05) is 18.2 Å². The molecule has 1 amide bonds. The third-order valence-corrected chi connectivity index (χ3v) is 3.95. The van der Waals surface area contributed by atoms with E-state index in [1.54, 1.807) is 7.11 Å². The van der Waals surface area contributed by atoms with Crippen molar-refractivity contribution in [3.63, 3.8) is 0 Å². The molecule has 3 aromatic rings. The fourth-order valence-corrected chi connectivity index (χ4v) is 2.48. The molecule has 0 bridgehead atoms. The zero-order valence-corrected chi connectivity index (χ0v) is 15.1. The predicted molar refractivity (Wildman–Crippen MR) is 102 cm³/mol. The maximum atomic E-state index is 13.7. The fourth-order valence-electron chi connectivity index (χ4n) is 2.48. The summed E-state index contributed by atoms with van der Waals surface area (Å²) in [6.07, 6.45) is 2.11. The van der Waals surface area contributed by atoms with Crippen LogP contribution in [0.5, 0.6) is 5.75 Å². The van der Waals surface area contributed by atoms with Crippen molar-refractivity contribution in [2.45, 2.75) is 6.42 Å². The lowest BCUT2D eigenvalue weighted by Crippen LogP contribution is -2.17. The number of halogens is 2. The van der Waals surface area contributed by atoms with Gasteiger partial charge in [-0.05, 0) is 42.3 Å². The van der Waals surface area contributed by atoms with Gasteiger partial charge in [-0.15, -0.1) is 0 Å². The van der Waals surface area contributed by atoms with Crippen molar-refractivity contribution in [3.05, 3.63) is 77.6 Å². The van der Waals surface area contributed by atoms with Crippen molar-refractivity contribution >= 4 is 17.5 Å². The third-order valence-electron chi connectivity index (χ3n) is 3.95. The van der Waals surface area contributed by atoms with Crippen LogP contribution in [0.2, 0.25) is 0 Å². The summed E-state index contributed by atoms with van der Waals surface area (Å²) in [4.78, 5) is 20.4. The summed E-state index contributed by atoms with van der Waals surface area (Å²) in [6, 6.07) is 12.4. The van der Waals surface area contributed by atoms with E-state index in [-0.39, 0.29) is 11.6 Å². The van der Waals surface area contributed by atoms with Crippen LogP contribution < -0.4 is 15.4 Å². The number of carbonyl (C=O) groups is 1. The van der Waals surface area contributed by atoms with Crippen LogP contribution in [0.25, 0.3) is 0 Å². The van der Waals surface area contributed by atoms with Crippen molar-refractivity contribution in [1.82, 2.24) is 9.97 Å². The Kier molecular flexibility index (Phi) is 6.11. The average molecular weight is 384 g/mol. The summed E-state index contributed by atoms with van der Waals surface area (Å²) in [5, 5.41) is 5.22. The van der Waals surface area contributed by atoms with Gasteiger partial charge in [0.1, 0.15) is 28.8 Å². The van der Waals surface area contributed by atoms with Crippen LogP contribution in [0.3, 0.4) is 0 Å². The van der Waals surface area contributed by atoms with Crippen LogP contribution in [0.1, 0.15) is 16.1 Å².